The van der Waals surface area contributed by atoms with Gasteiger partial charge in [0.15, 0.2) is 0 Å². The molecule has 0 spiro atoms. The lowest BCUT2D eigenvalue weighted by molar-refractivity contribution is 1.13. The summed E-state index contributed by atoms with van der Waals surface area (Å²) in [5.41, 5.74) is 2.77. The third-order valence-corrected chi connectivity index (χ3v) is 2.20. The van der Waals surface area contributed by atoms with Crippen LogP contribution in [0.25, 0.3) is 0 Å². The summed E-state index contributed by atoms with van der Waals surface area (Å²) >= 11 is 12.9. The van der Waals surface area contributed by atoms with Crippen molar-refractivity contribution in [2.24, 2.45) is 0 Å². The highest BCUT2D eigenvalue weighted by Gasteiger charge is 1.90. The van der Waals surface area contributed by atoms with Gasteiger partial charge in [-0.2, -0.15) is 0 Å². The van der Waals surface area contributed by atoms with Crippen LogP contribution in [-0.4, -0.2) is 0 Å². The average molecular weight is 470 g/mol. The minimum Gasteiger partial charge on any atom is -0.0876 e. The smallest absolute Gasteiger partial charge is 0.0876 e. The number of halogens is 4. The zero-order valence-electron chi connectivity index (χ0n) is 7.68. The fourth-order valence-electron chi connectivity index (χ4n) is 0.933. The second kappa shape index (κ2) is 9.77. The van der Waals surface area contributed by atoms with Gasteiger partial charge in [0.25, 0.3) is 0 Å². The minimum atomic E-state index is -0.183. The molecule has 0 aliphatic carbocycles. The molecule has 0 aromatic heterocycles. The van der Waals surface area contributed by atoms with Gasteiger partial charge in [0.1, 0.15) is 4.03 Å². The second-order valence-corrected chi connectivity index (χ2v) is 18.4. The van der Waals surface area contributed by atoms with E-state index in [1.165, 1.54) is 11.1 Å². The first kappa shape index (κ1) is 15.6. The zero-order valence-corrected chi connectivity index (χ0v) is 14.9. The van der Waals surface area contributed by atoms with Gasteiger partial charge < -0.3 is 0 Å². The van der Waals surface area contributed by atoms with Gasteiger partial charge in [-0.15, -0.1) is 0 Å². The first-order valence-corrected chi connectivity index (χ1v) is 12.5. The molecule has 0 N–H and O–H groups in total. The van der Waals surface area contributed by atoms with Crippen LogP contribution in [0.2, 0.25) is 0 Å². The van der Waals surface area contributed by atoms with Crippen molar-refractivity contribution in [2.45, 2.75) is 18.7 Å². The lowest BCUT2D eigenvalue weighted by Crippen LogP contribution is -1.81. The van der Waals surface area contributed by atoms with Crippen LogP contribution in [0.3, 0.4) is 0 Å². The maximum Gasteiger partial charge on any atom is 0.103 e. The summed E-state index contributed by atoms with van der Waals surface area (Å²) in [6.07, 6.45) is 1.13. The van der Waals surface area contributed by atoms with Gasteiger partial charge in [-0.3, -0.25) is 0 Å². The number of rotatable bonds is 2. The molecule has 0 heterocycles. The van der Waals surface area contributed by atoms with Crippen molar-refractivity contribution in [3.63, 3.8) is 0 Å². The molecule has 0 unspecified atom stereocenters. The van der Waals surface area contributed by atoms with Crippen molar-refractivity contribution in [1.29, 1.82) is 0 Å². The Morgan fingerprint density at radius 2 is 1.64 bits per heavy atom. The number of aryl methyl sites for hydroxylation is 1. The molecule has 0 atom stereocenters. The molecular weight excluding hydrogens is 459 g/mol. The van der Waals surface area contributed by atoms with Crippen LogP contribution >= 0.6 is 66.4 Å². The monoisotopic (exact) mass is 466 g/mol. The average Bonchev–Trinajstić information content (AvgIpc) is 2.17. The third-order valence-electron chi connectivity index (χ3n) is 1.55. The first-order valence-electron chi connectivity index (χ1n) is 4.01. The second-order valence-electron chi connectivity index (χ2n) is 2.50. The largest absolute Gasteiger partial charge is 0.103 e. The van der Waals surface area contributed by atoms with Crippen LogP contribution in [0.15, 0.2) is 24.3 Å². The number of alkyl halides is 1. The number of hydrogen-bond acceptors (Lipinski definition) is 0. The summed E-state index contributed by atoms with van der Waals surface area (Å²) in [5.74, 6) is 0. The molecule has 1 aromatic rings. The van der Waals surface area contributed by atoms with E-state index in [0.29, 0.717) is 0 Å². The standard InChI is InChI=1S/C9H11Br.Br3P/c1-2-8-4-3-5-9(6-8)7-10;1-4(2)3/h3-6H,2,7H2,1H3;. The lowest BCUT2D eigenvalue weighted by Gasteiger charge is -1.97. The first-order chi connectivity index (χ1) is 6.60. The summed E-state index contributed by atoms with van der Waals surface area (Å²) in [6.45, 7) is 2.17. The van der Waals surface area contributed by atoms with Crippen molar-refractivity contribution in [1.82, 2.24) is 0 Å². The molecule has 0 aliphatic heterocycles. The Kier molecular flexibility index (Phi) is 10.9. The van der Waals surface area contributed by atoms with Crippen molar-refractivity contribution in [3.05, 3.63) is 35.4 Å². The van der Waals surface area contributed by atoms with E-state index in [1.807, 2.05) is 0 Å². The Morgan fingerprint density at radius 1 is 1.14 bits per heavy atom. The molecule has 1 rings (SSSR count). The molecule has 0 amide bonds. The van der Waals surface area contributed by atoms with Gasteiger partial charge in [0, 0.05) is 5.33 Å². The maximum absolute atomic E-state index is 3.42. The summed E-state index contributed by atoms with van der Waals surface area (Å²) in [6, 6.07) is 8.63. The molecule has 0 aliphatic rings. The van der Waals surface area contributed by atoms with Crippen molar-refractivity contribution < 1.29 is 0 Å². The molecule has 0 saturated heterocycles. The maximum atomic E-state index is 3.42. The molecule has 80 valence electrons. The van der Waals surface area contributed by atoms with Crippen molar-refractivity contribution in [3.8, 4) is 0 Å². The quantitative estimate of drug-likeness (QED) is 0.341. The van der Waals surface area contributed by atoms with Crippen LogP contribution in [-0.2, 0) is 11.8 Å². The van der Waals surface area contributed by atoms with E-state index in [0.717, 1.165) is 11.8 Å². The summed E-state index contributed by atoms with van der Waals surface area (Å²) in [5, 5.41) is 0.959. The highest BCUT2D eigenvalue weighted by atomic mass is 80.0. The van der Waals surface area contributed by atoms with Crippen LogP contribution < -0.4 is 0 Å². The van der Waals surface area contributed by atoms with E-state index in [4.69, 9.17) is 0 Å². The predicted octanol–water partition coefficient (Wildman–Crippen LogP) is 6.54. The molecule has 0 saturated carbocycles. The molecule has 1 aromatic carbocycles. The summed E-state index contributed by atoms with van der Waals surface area (Å²) in [4.78, 5) is 0. The molecule has 14 heavy (non-hydrogen) atoms. The van der Waals surface area contributed by atoms with Gasteiger partial charge in [-0.1, -0.05) is 47.1 Å². The van der Waals surface area contributed by atoms with Crippen LogP contribution in [0, 0.1) is 0 Å². The van der Waals surface area contributed by atoms with Gasteiger partial charge in [0.05, 0.1) is 0 Å². The van der Waals surface area contributed by atoms with Gasteiger partial charge in [-0.25, -0.2) is 0 Å². The van der Waals surface area contributed by atoms with Gasteiger partial charge >= 0.3 is 0 Å². The van der Waals surface area contributed by atoms with Crippen molar-refractivity contribution >= 4 is 66.4 Å². The predicted molar refractivity (Wildman–Crippen MR) is 82.2 cm³/mol. The summed E-state index contributed by atoms with van der Waals surface area (Å²) < 4.78 is -0.183. The van der Waals surface area contributed by atoms with E-state index in [9.17, 15) is 0 Å². The normalized spacial score (nSPS) is 9.57. The topological polar surface area (TPSA) is 0 Å². The van der Waals surface area contributed by atoms with E-state index in [2.05, 4.69) is 93.6 Å². The fourth-order valence-corrected chi connectivity index (χ4v) is 1.28. The van der Waals surface area contributed by atoms with E-state index < -0.39 is 0 Å². The Morgan fingerprint density at radius 3 is 2.07 bits per heavy atom. The molecule has 5 heteroatoms. The molecule has 0 bridgehead atoms. The van der Waals surface area contributed by atoms with Gasteiger partial charge in [0.2, 0.25) is 0 Å². The number of benzene rings is 1. The lowest BCUT2D eigenvalue weighted by atomic mass is 10.1. The van der Waals surface area contributed by atoms with Crippen LogP contribution in [0.1, 0.15) is 18.1 Å². The van der Waals surface area contributed by atoms with Crippen molar-refractivity contribution in [2.75, 3.05) is 0 Å². The van der Waals surface area contributed by atoms with Gasteiger partial charge in [-0.05, 0) is 64.0 Å². The minimum absolute atomic E-state index is 0.183. The SMILES string of the molecule is BrP(Br)Br.CCc1cccc(CBr)c1. The summed E-state index contributed by atoms with van der Waals surface area (Å²) in [7, 11) is 0. The Hall–Kier alpha value is 1.57. The highest BCUT2D eigenvalue weighted by Crippen LogP contribution is 2.59. The zero-order chi connectivity index (χ0) is 11.0. The highest BCUT2D eigenvalue weighted by molar-refractivity contribution is 9.93. The van der Waals surface area contributed by atoms with E-state index in [-0.39, 0.29) is 4.03 Å². The third kappa shape index (κ3) is 8.84. The molecule has 0 radical (unpaired) electrons. The number of hydrogen-bond donors (Lipinski definition) is 0. The molecular formula is C9H11Br4P. The van der Waals surface area contributed by atoms with E-state index in [1.54, 1.807) is 0 Å². The fraction of sp³-hybridized carbons (Fsp3) is 0.333. The Balaban J connectivity index is 0.000000364. The van der Waals surface area contributed by atoms with Crippen LogP contribution in [0.5, 0.6) is 0 Å². The molecule has 0 fully saturated rings. The van der Waals surface area contributed by atoms with Crippen LogP contribution in [0.4, 0.5) is 0 Å². The Labute approximate surface area is 119 Å². The van der Waals surface area contributed by atoms with E-state index >= 15 is 0 Å². The Bertz CT molecular complexity index is 230. The molecule has 0 nitrogen and oxygen atoms in total.